The molecule has 0 radical (unpaired) electrons. The van der Waals surface area contributed by atoms with Crippen molar-refractivity contribution in [2.75, 3.05) is 20.6 Å². The average molecular weight is 181 g/mol. The quantitative estimate of drug-likeness (QED) is 0.633. The average Bonchev–Trinajstić information content (AvgIpc) is 2.36. The smallest absolute Gasteiger partial charge is 0.000366 e. The molecule has 2 fully saturated rings. The summed E-state index contributed by atoms with van der Waals surface area (Å²) in [5.74, 6) is 3.21. The molecule has 13 heavy (non-hydrogen) atoms. The van der Waals surface area contributed by atoms with Crippen LogP contribution in [0, 0.1) is 17.8 Å². The van der Waals surface area contributed by atoms with Gasteiger partial charge in [-0.3, -0.25) is 0 Å². The van der Waals surface area contributed by atoms with E-state index in [0.717, 1.165) is 17.8 Å². The van der Waals surface area contributed by atoms with Crippen LogP contribution in [0.1, 0.15) is 38.5 Å². The van der Waals surface area contributed by atoms with Gasteiger partial charge in [0.25, 0.3) is 0 Å². The van der Waals surface area contributed by atoms with Gasteiger partial charge < -0.3 is 4.90 Å². The van der Waals surface area contributed by atoms with Crippen LogP contribution in [-0.2, 0) is 0 Å². The normalized spacial score (nSPS) is 39.5. The van der Waals surface area contributed by atoms with Crippen LogP contribution in [0.4, 0.5) is 0 Å². The lowest BCUT2D eigenvalue weighted by atomic mass is 9.90. The van der Waals surface area contributed by atoms with E-state index in [1.54, 1.807) is 12.8 Å². The van der Waals surface area contributed by atoms with Gasteiger partial charge in [0.1, 0.15) is 0 Å². The molecule has 0 spiro atoms. The molecular weight excluding hydrogens is 158 g/mol. The summed E-state index contributed by atoms with van der Waals surface area (Å²) in [6.45, 7) is 1.32. The summed E-state index contributed by atoms with van der Waals surface area (Å²) in [7, 11) is 4.42. The summed E-state index contributed by atoms with van der Waals surface area (Å²) in [5, 5.41) is 0. The zero-order valence-electron chi connectivity index (χ0n) is 9.13. The number of fused-ring (bicyclic) bond motifs is 2. The van der Waals surface area contributed by atoms with Crippen molar-refractivity contribution in [1.82, 2.24) is 4.90 Å². The lowest BCUT2D eigenvalue weighted by molar-refractivity contribution is 0.269. The highest BCUT2D eigenvalue weighted by Crippen LogP contribution is 2.42. The molecule has 0 N–H and O–H groups in total. The summed E-state index contributed by atoms with van der Waals surface area (Å²) < 4.78 is 0. The van der Waals surface area contributed by atoms with Crippen LogP contribution in [0.25, 0.3) is 0 Å². The van der Waals surface area contributed by atoms with Crippen LogP contribution in [0.5, 0.6) is 0 Å². The number of hydrogen-bond donors (Lipinski definition) is 0. The molecular formula is C12H23N. The Bertz CT molecular complexity index is 165. The number of rotatable bonds is 2. The highest BCUT2D eigenvalue weighted by atomic mass is 15.1. The van der Waals surface area contributed by atoms with E-state index in [4.69, 9.17) is 0 Å². The van der Waals surface area contributed by atoms with Crippen molar-refractivity contribution in [2.45, 2.75) is 38.5 Å². The molecule has 0 aromatic heterocycles. The lowest BCUT2D eigenvalue weighted by Gasteiger charge is -2.22. The molecule has 0 aromatic carbocycles. The van der Waals surface area contributed by atoms with Crippen molar-refractivity contribution in [1.29, 1.82) is 0 Å². The van der Waals surface area contributed by atoms with Crippen molar-refractivity contribution in [3.63, 3.8) is 0 Å². The van der Waals surface area contributed by atoms with Crippen LogP contribution in [-0.4, -0.2) is 25.5 Å². The van der Waals surface area contributed by atoms with Crippen LogP contribution in [0.2, 0.25) is 0 Å². The molecule has 2 aliphatic carbocycles. The van der Waals surface area contributed by atoms with Crippen molar-refractivity contribution in [3.05, 3.63) is 0 Å². The monoisotopic (exact) mass is 181 g/mol. The fourth-order valence-electron chi connectivity index (χ4n) is 3.40. The minimum Gasteiger partial charge on any atom is -0.309 e. The fourth-order valence-corrected chi connectivity index (χ4v) is 3.40. The third kappa shape index (κ3) is 2.46. The second kappa shape index (κ2) is 4.00. The molecule has 0 saturated heterocycles. The van der Waals surface area contributed by atoms with Gasteiger partial charge in [0, 0.05) is 6.54 Å². The van der Waals surface area contributed by atoms with E-state index in [1.165, 1.54) is 32.2 Å². The topological polar surface area (TPSA) is 3.24 Å². The Morgan fingerprint density at radius 3 is 2.38 bits per heavy atom. The maximum atomic E-state index is 2.36. The predicted octanol–water partition coefficient (Wildman–Crippen LogP) is 2.76. The second-order valence-electron chi connectivity index (χ2n) is 5.49. The molecule has 3 unspecified atom stereocenters. The Morgan fingerprint density at radius 1 is 0.923 bits per heavy atom. The van der Waals surface area contributed by atoms with Gasteiger partial charge in [-0.1, -0.05) is 19.3 Å². The van der Waals surface area contributed by atoms with Crippen LogP contribution in [0.3, 0.4) is 0 Å². The SMILES string of the molecule is CN(C)CC1CCC2CCC(C2)C1. The minimum atomic E-state index is 1.00. The second-order valence-corrected chi connectivity index (χ2v) is 5.49. The molecule has 2 bridgehead atoms. The summed E-state index contributed by atoms with van der Waals surface area (Å²) in [6, 6.07) is 0. The molecule has 2 aliphatic rings. The minimum absolute atomic E-state index is 1.00. The van der Waals surface area contributed by atoms with Crippen molar-refractivity contribution >= 4 is 0 Å². The van der Waals surface area contributed by atoms with E-state index in [1.807, 2.05) is 0 Å². The molecule has 0 amide bonds. The Hall–Kier alpha value is -0.0400. The molecule has 0 heterocycles. The van der Waals surface area contributed by atoms with Gasteiger partial charge in [0.2, 0.25) is 0 Å². The Morgan fingerprint density at radius 2 is 1.62 bits per heavy atom. The first-order chi connectivity index (χ1) is 6.24. The molecule has 2 rings (SSSR count). The van der Waals surface area contributed by atoms with E-state index >= 15 is 0 Å². The largest absolute Gasteiger partial charge is 0.309 e. The third-order valence-corrected chi connectivity index (χ3v) is 3.92. The fraction of sp³-hybridized carbons (Fsp3) is 1.00. The highest BCUT2D eigenvalue weighted by Gasteiger charge is 2.30. The summed E-state index contributed by atoms with van der Waals surface area (Å²) in [6.07, 6.45) is 9.18. The Labute approximate surface area is 82.5 Å². The first-order valence-electron chi connectivity index (χ1n) is 5.88. The lowest BCUT2D eigenvalue weighted by Crippen LogP contribution is -2.23. The summed E-state index contributed by atoms with van der Waals surface area (Å²) >= 11 is 0. The number of hydrogen-bond acceptors (Lipinski definition) is 1. The van der Waals surface area contributed by atoms with Gasteiger partial charge in [0.15, 0.2) is 0 Å². The molecule has 0 aromatic rings. The maximum absolute atomic E-state index is 2.36. The predicted molar refractivity (Wildman–Crippen MR) is 56.7 cm³/mol. The van der Waals surface area contributed by atoms with Gasteiger partial charge in [-0.15, -0.1) is 0 Å². The molecule has 1 nitrogen and oxygen atoms in total. The molecule has 3 atom stereocenters. The van der Waals surface area contributed by atoms with Gasteiger partial charge >= 0.3 is 0 Å². The maximum Gasteiger partial charge on any atom is 0.000366 e. The van der Waals surface area contributed by atoms with Crippen molar-refractivity contribution < 1.29 is 0 Å². The highest BCUT2D eigenvalue weighted by molar-refractivity contribution is 4.83. The van der Waals surface area contributed by atoms with E-state index in [9.17, 15) is 0 Å². The number of nitrogens with zero attached hydrogens (tertiary/aromatic N) is 1. The molecule has 2 saturated carbocycles. The van der Waals surface area contributed by atoms with Crippen molar-refractivity contribution in [2.24, 2.45) is 17.8 Å². The zero-order chi connectivity index (χ0) is 9.26. The van der Waals surface area contributed by atoms with Crippen LogP contribution < -0.4 is 0 Å². The first kappa shape index (κ1) is 9.51. The summed E-state index contributed by atoms with van der Waals surface area (Å²) in [4.78, 5) is 2.36. The van der Waals surface area contributed by atoms with E-state index < -0.39 is 0 Å². The molecule has 0 aliphatic heterocycles. The Kier molecular flexibility index (Phi) is 2.92. The molecule has 1 heteroatoms. The zero-order valence-corrected chi connectivity index (χ0v) is 9.13. The van der Waals surface area contributed by atoms with E-state index in [0.29, 0.717) is 0 Å². The van der Waals surface area contributed by atoms with Gasteiger partial charge in [0.05, 0.1) is 0 Å². The van der Waals surface area contributed by atoms with E-state index in [-0.39, 0.29) is 0 Å². The van der Waals surface area contributed by atoms with Crippen LogP contribution >= 0.6 is 0 Å². The van der Waals surface area contributed by atoms with Crippen molar-refractivity contribution in [3.8, 4) is 0 Å². The van der Waals surface area contributed by atoms with Gasteiger partial charge in [-0.2, -0.15) is 0 Å². The molecule has 76 valence electrons. The van der Waals surface area contributed by atoms with E-state index in [2.05, 4.69) is 19.0 Å². The van der Waals surface area contributed by atoms with Gasteiger partial charge in [-0.05, 0) is 51.1 Å². The summed E-state index contributed by atoms with van der Waals surface area (Å²) in [5.41, 5.74) is 0. The standard InChI is InChI=1S/C12H23N/c1-13(2)9-12-6-4-10-3-5-11(7-10)8-12/h10-12H,3-9H2,1-2H3. The Balaban J connectivity index is 1.86. The van der Waals surface area contributed by atoms with Crippen LogP contribution in [0.15, 0.2) is 0 Å². The third-order valence-electron chi connectivity index (χ3n) is 3.92. The van der Waals surface area contributed by atoms with Gasteiger partial charge in [-0.25, -0.2) is 0 Å². The first-order valence-corrected chi connectivity index (χ1v) is 5.88.